The van der Waals surface area contributed by atoms with Gasteiger partial charge in [0.15, 0.2) is 0 Å². The monoisotopic (exact) mass is 456 g/mol. The third-order valence-corrected chi connectivity index (χ3v) is 7.59. The van der Waals surface area contributed by atoms with E-state index in [1.54, 1.807) is 12.3 Å². The molecule has 0 radical (unpaired) electrons. The molecule has 1 aliphatic heterocycles. The summed E-state index contributed by atoms with van der Waals surface area (Å²) >= 11 is 0. The summed E-state index contributed by atoms with van der Waals surface area (Å²) in [4.78, 5) is 18.8. The van der Waals surface area contributed by atoms with Gasteiger partial charge in [0.2, 0.25) is 10.0 Å². The number of halogens is 1. The van der Waals surface area contributed by atoms with Crippen LogP contribution in [-0.2, 0) is 10.0 Å². The van der Waals surface area contributed by atoms with Gasteiger partial charge in [-0.05, 0) is 68.9 Å². The lowest BCUT2D eigenvalue weighted by Crippen LogP contribution is -2.35. The van der Waals surface area contributed by atoms with Gasteiger partial charge in [0.05, 0.1) is 5.52 Å². The van der Waals surface area contributed by atoms with Gasteiger partial charge in [0.25, 0.3) is 5.91 Å². The molecule has 32 heavy (non-hydrogen) atoms. The normalized spacial score (nSPS) is 16.1. The number of nitrogens with zero attached hydrogens (tertiary/aromatic N) is 3. The molecule has 0 unspecified atom stereocenters. The maximum atomic E-state index is 14.6. The average molecular weight is 457 g/mol. The van der Waals surface area contributed by atoms with Crippen LogP contribution in [0.2, 0.25) is 0 Å². The molecular formula is C23H25FN4O3S. The largest absolute Gasteiger partial charge is 0.322 e. The topological polar surface area (TPSA) is 82.6 Å². The first-order valence-electron chi connectivity index (χ1n) is 10.4. The number of nitrogens with one attached hydrogen (secondary N) is 1. The number of rotatable bonds is 4. The highest BCUT2D eigenvalue weighted by molar-refractivity contribution is 7.89. The molecule has 1 amide bonds. The maximum absolute atomic E-state index is 14.6. The summed E-state index contributed by atoms with van der Waals surface area (Å²) in [5.74, 6) is -1.26. The molecule has 168 valence electrons. The molecule has 1 aliphatic rings. The molecule has 3 aromatic rings. The van der Waals surface area contributed by atoms with Crippen molar-refractivity contribution in [1.82, 2.24) is 14.2 Å². The van der Waals surface area contributed by atoms with E-state index in [4.69, 9.17) is 0 Å². The summed E-state index contributed by atoms with van der Waals surface area (Å²) in [6.45, 7) is 3.79. The van der Waals surface area contributed by atoms with Crippen LogP contribution in [0.3, 0.4) is 0 Å². The second-order valence-electron chi connectivity index (χ2n) is 8.02. The summed E-state index contributed by atoms with van der Waals surface area (Å²) in [7, 11) is -2.10. The Kier molecular flexibility index (Phi) is 6.23. The van der Waals surface area contributed by atoms with Gasteiger partial charge in [-0.15, -0.1) is 0 Å². The van der Waals surface area contributed by atoms with Gasteiger partial charge in [0, 0.05) is 42.5 Å². The molecule has 0 spiro atoms. The first kappa shape index (κ1) is 22.3. The van der Waals surface area contributed by atoms with Crippen molar-refractivity contribution in [3.8, 4) is 0 Å². The van der Waals surface area contributed by atoms with E-state index in [0.29, 0.717) is 30.6 Å². The van der Waals surface area contributed by atoms with Crippen molar-refractivity contribution in [3.05, 3.63) is 65.6 Å². The average Bonchev–Trinajstić information content (AvgIpc) is 2.99. The molecule has 9 heteroatoms. The van der Waals surface area contributed by atoms with Crippen molar-refractivity contribution in [2.45, 2.75) is 18.2 Å². The Labute approximate surface area is 186 Å². The van der Waals surface area contributed by atoms with E-state index in [2.05, 4.69) is 10.3 Å². The van der Waals surface area contributed by atoms with Crippen molar-refractivity contribution in [3.63, 3.8) is 0 Å². The number of benzene rings is 2. The smallest absolute Gasteiger partial charge is 0.256 e. The van der Waals surface area contributed by atoms with E-state index >= 15 is 0 Å². The number of hydrogen-bond donors (Lipinski definition) is 1. The third-order valence-electron chi connectivity index (χ3n) is 5.68. The van der Waals surface area contributed by atoms with Gasteiger partial charge < -0.3 is 10.2 Å². The molecule has 2 heterocycles. The third kappa shape index (κ3) is 4.50. The van der Waals surface area contributed by atoms with Gasteiger partial charge >= 0.3 is 0 Å². The fraction of sp³-hybridized carbons (Fsp3) is 0.304. The molecule has 1 saturated heterocycles. The molecule has 0 bridgehead atoms. The van der Waals surface area contributed by atoms with Gasteiger partial charge in [0.1, 0.15) is 10.7 Å². The Morgan fingerprint density at radius 3 is 2.72 bits per heavy atom. The first-order chi connectivity index (χ1) is 15.3. The molecule has 2 aromatic carbocycles. The van der Waals surface area contributed by atoms with Gasteiger partial charge in [-0.2, -0.15) is 4.31 Å². The molecule has 0 aliphatic carbocycles. The highest BCUT2D eigenvalue weighted by Gasteiger charge is 2.29. The second-order valence-corrected chi connectivity index (χ2v) is 9.93. The predicted octanol–water partition coefficient (Wildman–Crippen LogP) is 3.26. The summed E-state index contributed by atoms with van der Waals surface area (Å²) in [6.07, 6.45) is 2.32. The maximum Gasteiger partial charge on any atom is 0.256 e. The number of likely N-dealkylation sites (N-methyl/N-ethyl adjacent to an activating group) is 1. The van der Waals surface area contributed by atoms with Crippen molar-refractivity contribution < 1.29 is 17.6 Å². The van der Waals surface area contributed by atoms with Crippen LogP contribution in [0.1, 0.15) is 22.3 Å². The van der Waals surface area contributed by atoms with E-state index in [9.17, 15) is 17.6 Å². The summed E-state index contributed by atoms with van der Waals surface area (Å²) in [5, 5.41) is 3.62. The summed E-state index contributed by atoms with van der Waals surface area (Å²) in [6, 6.07) is 10.9. The standard InChI is InChI=1S/C23H25FN4O3S/c1-16-13-17-5-3-8-25-21(17)15-19(16)23(29)26-18-6-7-20(24)22(14-18)32(30,31)28-10-4-9-27(2)11-12-28/h3,5-8,13-15H,4,9-12H2,1-2H3,(H,26,29). The van der Waals surface area contributed by atoms with Crippen molar-refractivity contribution in [1.29, 1.82) is 0 Å². The van der Waals surface area contributed by atoms with E-state index in [1.807, 2.05) is 37.1 Å². The number of carbonyl (C=O) groups excluding carboxylic acids is 1. The van der Waals surface area contributed by atoms with Gasteiger partial charge in [-0.1, -0.05) is 6.07 Å². The van der Waals surface area contributed by atoms with Crippen LogP contribution in [0.15, 0.2) is 53.6 Å². The number of pyridine rings is 1. The van der Waals surface area contributed by atoms with Gasteiger partial charge in [-0.25, -0.2) is 12.8 Å². The van der Waals surface area contributed by atoms with Crippen LogP contribution >= 0.6 is 0 Å². The second kappa shape index (κ2) is 8.93. The van der Waals surface area contributed by atoms with E-state index in [1.165, 1.54) is 16.4 Å². The molecule has 1 aromatic heterocycles. The van der Waals surface area contributed by atoms with Crippen LogP contribution in [0.5, 0.6) is 0 Å². The molecule has 4 rings (SSSR count). The fourth-order valence-corrected chi connectivity index (χ4v) is 5.42. The minimum absolute atomic E-state index is 0.211. The zero-order valence-corrected chi connectivity index (χ0v) is 18.8. The summed E-state index contributed by atoms with van der Waals surface area (Å²) in [5.41, 5.74) is 2.06. The molecule has 1 N–H and O–H groups in total. The van der Waals surface area contributed by atoms with E-state index in [0.717, 1.165) is 23.6 Å². The minimum atomic E-state index is -4.03. The Morgan fingerprint density at radius 2 is 1.91 bits per heavy atom. The number of carbonyl (C=O) groups is 1. The Hall–Kier alpha value is -2.88. The predicted molar refractivity (Wildman–Crippen MR) is 122 cm³/mol. The lowest BCUT2D eigenvalue weighted by atomic mass is 10.0. The van der Waals surface area contributed by atoms with Crippen molar-refractivity contribution in [2.75, 3.05) is 38.5 Å². The number of sulfonamides is 1. The Morgan fingerprint density at radius 1 is 1.09 bits per heavy atom. The molecular weight excluding hydrogens is 431 g/mol. The van der Waals surface area contributed by atoms with E-state index < -0.39 is 26.6 Å². The highest BCUT2D eigenvalue weighted by atomic mass is 32.2. The van der Waals surface area contributed by atoms with Crippen LogP contribution in [0.4, 0.5) is 10.1 Å². The zero-order chi connectivity index (χ0) is 22.9. The van der Waals surface area contributed by atoms with Gasteiger partial charge in [-0.3, -0.25) is 9.78 Å². The first-order valence-corrected chi connectivity index (χ1v) is 11.8. The molecule has 1 fully saturated rings. The Bertz CT molecular complexity index is 1280. The molecule has 0 atom stereocenters. The lowest BCUT2D eigenvalue weighted by molar-refractivity contribution is 0.102. The number of fused-ring (bicyclic) bond motifs is 1. The van der Waals surface area contributed by atoms with Crippen molar-refractivity contribution >= 4 is 32.5 Å². The number of aryl methyl sites for hydroxylation is 1. The quantitative estimate of drug-likeness (QED) is 0.652. The number of anilines is 1. The number of hydrogen-bond acceptors (Lipinski definition) is 5. The molecule has 0 saturated carbocycles. The minimum Gasteiger partial charge on any atom is -0.322 e. The molecule has 7 nitrogen and oxygen atoms in total. The lowest BCUT2D eigenvalue weighted by Gasteiger charge is -2.21. The van der Waals surface area contributed by atoms with Crippen LogP contribution < -0.4 is 5.32 Å². The Balaban J connectivity index is 1.61. The fourth-order valence-electron chi connectivity index (χ4n) is 3.86. The SMILES string of the molecule is Cc1cc2cccnc2cc1C(=O)Nc1ccc(F)c(S(=O)(=O)N2CCCN(C)CC2)c1. The van der Waals surface area contributed by atoms with Crippen LogP contribution in [0.25, 0.3) is 10.9 Å². The summed E-state index contributed by atoms with van der Waals surface area (Å²) < 4.78 is 42.1. The number of amides is 1. The number of aromatic nitrogens is 1. The van der Waals surface area contributed by atoms with Crippen molar-refractivity contribution in [2.24, 2.45) is 0 Å². The zero-order valence-electron chi connectivity index (χ0n) is 18.0. The highest BCUT2D eigenvalue weighted by Crippen LogP contribution is 2.25. The van der Waals surface area contributed by atoms with E-state index in [-0.39, 0.29) is 12.2 Å². The van der Waals surface area contributed by atoms with Crippen LogP contribution in [-0.4, -0.2) is 61.7 Å². The van der Waals surface area contributed by atoms with Crippen LogP contribution in [0, 0.1) is 12.7 Å².